The third kappa shape index (κ3) is 4.76. The minimum absolute atomic E-state index is 0.0409. The van der Waals surface area contributed by atoms with E-state index >= 15 is 0 Å². The van der Waals surface area contributed by atoms with E-state index in [4.69, 9.17) is 4.74 Å². The van der Waals surface area contributed by atoms with Crippen molar-refractivity contribution in [1.29, 1.82) is 0 Å². The SMILES string of the molecule is COc1ccc2nc(SCC(=O)N(Cc3cccs3)C3CCS(=O)(=O)C3)[nH]c2c1. The number of sulfone groups is 1. The summed E-state index contributed by atoms with van der Waals surface area (Å²) < 4.78 is 29.1. The molecule has 154 valence electrons. The van der Waals surface area contributed by atoms with E-state index in [1.807, 2.05) is 35.7 Å². The largest absolute Gasteiger partial charge is 0.497 e. The van der Waals surface area contributed by atoms with Gasteiger partial charge in [0, 0.05) is 17.0 Å². The highest BCUT2D eigenvalue weighted by Gasteiger charge is 2.34. The lowest BCUT2D eigenvalue weighted by Crippen LogP contribution is -2.41. The molecule has 1 aromatic carbocycles. The summed E-state index contributed by atoms with van der Waals surface area (Å²) in [5.41, 5.74) is 1.65. The molecular formula is C19H21N3O4S3. The Hall–Kier alpha value is -2.04. The number of hydrogen-bond donors (Lipinski definition) is 1. The fourth-order valence-corrected chi connectivity index (χ4v) is 6.59. The molecule has 1 fully saturated rings. The maximum Gasteiger partial charge on any atom is 0.233 e. The van der Waals surface area contributed by atoms with E-state index in [9.17, 15) is 13.2 Å². The summed E-state index contributed by atoms with van der Waals surface area (Å²) in [4.78, 5) is 23.5. The quantitative estimate of drug-likeness (QED) is 0.555. The molecule has 1 saturated heterocycles. The molecule has 29 heavy (non-hydrogen) atoms. The van der Waals surface area contributed by atoms with Crippen molar-refractivity contribution in [3.05, 3.63) is 40.6 Å². The molecule has 1 amide bonds. The molecule has 1 N–H and O–H groups in total. The summed E-state index contributed by atoms with van der Waals surface area (Å²) in [6, 6.07) is 9.20. The molecular weight excluding hydrogens is 430 g/mol. The summed E-state index contributed by atoms with van der Waals surface area (Å²) in [6.07, 6.45) is 0.495. The number of thioether (sulfide) groups is 1. The van der Waals surface area contributed by atoms with Crippen LogP contribution in [0.1, 0.15) is 11.3 Å². The van der Waals surface area contributed by atoms with Gasteiger partial charge in [0.15, 0.2) is 15.0 Å². The number of thiophene rings is 1. The number of methoxy groups -OCH3 is 1. The molecule has 2 aromatic heterocycles. The van der Waals surface area contributed by atoms with Gasteiger partial charge in [-0.25, -0.2) is 13.4 Å². The van der Waals surface area contributed by atoms with Crippen LogP contribution in [0, 0.1) is 0 Å². The first kappa shape index (κ1) is 20.2. The highest BCUT2D eigenvalue weighted by molar-refractivity contribution is 7.99. The number of carbonyl (C=O) groups excluding carboxylic acids is 1. The van der Waals surface area contributed by atoms with Crippen LogP contribution in [-0.4, -0.2) is 59.6 Å². The lowest BCUT2D eigenvalue weighted by Gasteiger charge is -2.27. The Morgan fingerprint density at radius 3 is 2.97 bits per heavy atom. The highest BCUT2D eigenvalue weighted by atomic mass is 32.2. The molecule has 0 radical (unpaired) electrons. The molecule has 3 aromatic rings. The lowest BCUT2D eigenvalue weighted by molar-refractivity contribution is -0.130. The van der Waals surface area contributed by atoms with E-state index in [0.29, 0.717) is 18.1 Å². The Balaban J connectivity index is 1.47. The van der Waals surface area contributed by atoms with E-state index in [-0.39, 0.29) is 29.2 Å². The molecule has 1 aliphatic heterocycles. The van der Waals surface area contributed by atoms with Crippen molar-refractivity contribution < 1.29 is 17.9 Å². The summed E-state index contributed by atoms with van der Waals surface area (Å²) in [5, 5.41) is 2.61. The maximum absolute atomic E-state index is 13.0. The zero-order chi connectivity index (χ0) is 20.4. The van der Waals surface area contributed by atoms with Crippen molar-refractivity contribution in [2.45, 2.75) is 24.2 Å². The van der Waals surface area contributed by atoms with Gasteiger partial charge < -0.3 is 14.6 Å². The Bertz CT molecular complexity index is 1110. The third-order valence-electron chi connectivity index (χ3n) is 4.88. The molecule has 3 heterocycles. The van der Waals surface area contributed by atoms with Crippen LogP contribution in [-0.2, 0) is 21.2 Å². The second-order valence-electron chi connectivity index (χ2n) is 6.87. The van der Waals surface area contributed by atoms with E-state index in [2.05, 4.69) is 9.97 Å². The number of aromatic amines is 1. The smallest absolute Gasteiger partial charge is 0.233 e. The number of fused-ring (bicyclic) bond motifs is 1. The first-order chi connectivity index (χ1) is 13.9. The Morgan fingerprint density at radius 2 is 2.28 bits per heavy atom. The number of benzene rings is 1. The average Bonchev–Trinajstić information content (AvgIpc) is 3.42. The third-order valence-corrected chi connectivity index (χ3v) is 8.35. The zero-order valence-corrected chi connectivity index (χ0v) is 18.3. The number of aromatic nitrogens is 2. The van der Waals surface area contributed by atoms with E-state index in [1.165, 1.54) is 11.8 Å². The first-order valence-electron chi connectivity index (χ1n) is 9.12. The molecule has 0 spiro atoms. The molecule has 0 bridgehead atoms. The van der Waals surface area contributed by atoms with Crippen LogP contribution in [0.4, 0.5) is 0 Å². The van der Waals surface area contributed by atoms with E-state index in [0.717, 1.165) is 21.7 Å². The Morgan fingerprint density at radius 1 is 1.41 bits per heavy atom. The Kier molecular flexibility index (Phi) is 5.84. The molecule has 7 nitrogen and oxygen atoms in total. The predicted octanol–water partition coefficient (Wildman–Crippen LogP) is 2.94. The molecule has 1 aliphatic rings. The van der Waals surface area contributed by atoms with Gasteiger partial charge in [-0.3, -0.25) is 4.79 Å². The number of amides is 1. The van der Waals surface area contributed by atoms with Gasteiger partial charge >= 0.3 is 0 Å². The van der Waals surface area contributed by atoms with Gasteiger partial charge in [-0.05, 0) is 30.0 Å². The van der Waals surface area contributed by atoms with Crippen molar-refractivity contribution in [2.75, 3.05) is 24.4 Å². The van der Waals surface area contributed by atoms with Crippen LogP contribution >= 0.6 is 23.1 Å². The van der Waals surface area contributed by atoms with Crippen molar-refractivity contribution >= 4 is 49.9 Å². The van der Waals surface area contributed by atoms with Crippen LogP contribution in [0.15, 0.2) is 40.9 Å². The maximum atomic E-state index is 13.0. The lowest BCUT2D eigenvalue weighted by atomic mass is 10.2. The minimum atomic E-state index is -3.07. The normalized spacial score (nSPS) is 18.2. The van der Waals surface area contributed by atoms with Gasteiger partial charge in [-0.2, -0.15) is 0 Å². The summed E-state index contributed by atoms with van der Waals surface area (Å²) in [6.45, 7) is 0.439. The fourth-order valence-electron chi connectivity index (χ4n) is 3.39. The number of carbonyl (C=O) groups is 1. The topological polar surface area (TPSA) is 92.4 Å². The monoisotopic (exact) mass is 451 g/mol. The number of H-pyrrole nitrogens is 1. The summed E-state index contributed by atoms with van der Waals surface area (Å²) >= 11 is 2.89. The van der Waals surface area contributed by atoms with Crippen LogP contribution in [0.5, 0.6) is 5.75 Å². The van der Waals surface area contributed by atoms with Gasteiger partial charge in [0.1, 0.15) is 5.75 Å². The second kappa shape index (κ2) is 8.37. The number of ether oxygens (including phenoxy) is 1. The number of hydrogen-bond acceptors (Lipinski definition) is 7. The fraction of sp³-hybridized carbons (Fsp3) is 0.368. The molecule has 1 unspecified atom stereocenters. The molecule has 0 saturated carbocycles. The van der Waals surface area contributed by atoms with E-state index in [1.54, 1.807) is 23.3 Å². The molecule has 4 rings (SSSR count). The second-order valence-corrected chi connectivity index (χ2v) is 11.1. The van der Waals surface area contributed by atoms with Gasteiger partial charge in [-0.15, -0.1) is 11.3 Å². The highest BCUT2D eigenvalue weighted by Crippen LogP contribution is 2.26. The van der Waals surface area contributed by atoms with Crippen molar-refractivity contribution in [3.8, 4) is 5.75 Å². The number of nitrogens with zero attached hydrogens (tertiary/aromatic N) is 2. The van der Waals surface area contributed by atoms with Gasteiger partial charge in [0.25, 0.3) is 0 Å². The zero-order valence-electron chi connectivity index (χ0n) is 15.8. The van der Waals surface area contributed by atoms with E-state index < -0.39 is 9.84 Å². The summed E-state index contributed by atoms with van der Waals surface area (Å²) in [5.74, 6) is 1.03. The van der Waals surface area contributed by atoms with Crippen molar-refractivity contribution in [1.82, 2.24) is 14.9 Å². The van der Waals surface area contributed by atoms with Gasteiger partial charge in [0.05, 0.1) is 41.9 Å². The van der Waals surface area contributed by atoms with Gasteiger partial charge in [0.2, 0.25) is 5.91 Å². The number of rotatable bonds is 7. The predicted molar refractivity (Wildman–Crippen MR) is 115 cm³/mol. The molecule has 0 aliphatic carbocycles. The van der Waals surface area contributed by atoms with Crippen LogP contribution in [0.3, 0.4) is 0 Å². The summed E-state index contributed by atoms with van der Waals surface area (Å²) in [7, 11) is -1.46. The standard InChI is InChI=1S/C19H21N3O4S3/c1-26-14-4-5-16-17(9-14)21-19(20-16)28-11-18(23)22(10-15-3-2-7-27-15)13-6-8-29(24,25)12-13/h2-5,7,9,13H,6,8,10-12H2,1H3,(H,20,21). The van der Waals surface area contributed by atoms with Crippen molar-refractivity contribution in [3.63, 3.8) is 0 Å². The number of nitrogens with one attached hydrogen (secondary N) is 1. The molecule has 1 atom stereocenters. The van der Waals surface area contributed by atoms with Gasteiger partial charge in [-0.1, -0.05) is 17.8 Å². The van der Waals surface area contributed by atoms with Crippen LogP contribution in [0.2, 0.25) is 0 Å². The average molecular weight is 452 g/mol. The van der Waals surface area contributed by atoms with Crippen molar-refractivity contribution in [2.24, 2.45) is 0 Å². The first-order valence-corrected chi connectivity index (χ1v) is 12.8. The minimum Gasteiger partial charge on any atom is -0.497 e. The Labute approximate surface area is 177 Å². The van der Waals surface area contributed by atoms with Crippen LogP contribution < -0.4 is 4.74 Å². The molecule has 10 heteroatoms. The van der Waals surface area contributed by atoms with Crippen LogP contribution in [0.25, 0.3) is 11.0 Å². The number of imidazole rings is 1.